The molecule has 2 rings (SSSR count). The number of benzene rings is 1. The van der Waals surface area contributed by atoms with Crippen molar-refractivity contribution in [3.8, 4) is 10.6 Å². The van der Waals surface area contributed by atoms with Gasteiger partial charge in [-0.05, 0) is 18.5 Å². The second-order valence-electron chi connectivity index (χ2n) is 4.57. The van der Waals surface area contributed by atoms with Crippen LogP contribution in [0, 0.1) is 5.92 Å². The summed E-state index contributed by atoms with van der Waals surface area (Å²) in [4.78, 5) is 16.3. The van der Waals surface area contributed by atoms with Gasteiger partial charge in [0.05, 0.1) is 5.02 Å². The lowest BCUT2D eigenvalue weighted by atomic mass is 10.2. The van der Waals surface area contributed by atoms with Crippen LogP contribution in [0.4, 0.5) is 0 Å². The first-order valence-electron chi connectivity index (χ1n) is 6.30. The molecule has 2 aromatic rings. The smallest absolute Gasteiger partial charge is 0.270 e. The maximum atomic E-state index is 12.0. The summed E-state index contributed by atoms with van der Waals surface area (Å²) in [5, 5.41) is 5.93. The third kappa shape index (κ3) is 4.68. The fourth-order valence-corrected chi connectivity index (χ4v) is 2.70. The van der Waals surface area contributed by atoms with Crippen molar-refractivity contribution in [1.82, 2.24) is 10.3 Å². The molecule has 3 N–H and O–H groups in total. The SMILES string of the molecule is CC(CN)CNC(=O)c1csc(-c2ccccc2Cl)n1.Cl. The van der Waals surface area contributed by atoms with Crippen molar-refractivity contribution in [2.45, 2.75) is 6.92 Å². The molecule has 0 aliphatic rings. The molecule has 0 bridgehead atoms. The van der Waals surface area contributed by atoms with Gasteiger partial charge in [-0.1, -0.05) is 36.7 Å². The molecule has 0 radical (unpaired) electrons. The molecule has 7 heteroatoms. The van der Waals surface area contributed by atoms with Gasteiger partial charge in [-0.25, -0.2) is 4.98 Å². The molecule has 4 nitrogen and oxygen atoms in total. The molecule has 0 saturated carbocycles. The van der Waals surface area contributed by atoms with Crippen LogP contribution in [0.1, 0.15) is 17.4 Å². The Balaban J connectivity index is 0.00000220. The molecule has 0 spiro atoms. The van der Waals surface area contributed by atoms with Crippen LogP contribution in [0.2, 0.25) is 5.02 Å². The van der Waals surface area contributed by atoms with E-state index in [-0.39, 0.29) is 24.2 Å². The Morgan fingerprint density at radius 3 is 2.86 bits per heavy atom. The lowest BCUT2D eigenvalue weighted by Crippen LogP contribution is -2.31. The van der Waals surface area contributed by atoms with Crippen LogP contribution in [0.15, 0.2) is 29.6 Å². The third-order valence-corrected chi connectivity index (χ3v) is 4.06. The Labute approximate surface area is 139 Å². The minimum absolute atomic E-state index is 0. The van der Waals surface area contributed by atoms with Crippen LogP contribution in [-0.4, -0.2) is 24.0 Å². The highest BCUT2D eigenvalue weighted by Gasteiger charge is 2.13. The fourth-order valence-electron chi connectivity index (χ4n) is 1.58. The summed E-state index contributed by atoms with van der Waals surface area (Å²) in [5.41, 5.74) is 6.77. The van der Waals surface area contributed by atoms with E-state index in [0.29, 0.717) is 23.8 Å². The zero-order chi connectivity index (χ0) is 14.5. The summed E-state index contributed by atoms with van der Waals surface area (Å²) < 4.78 is 0. The van der Waals surface area contributed by atoms with Gasteiger partial charge in [-0.2, -0.15) is 0 Å². The lowest BCUT2D eigenvalue weighted by molar-refractivity contribution is 0.0944. The maximum Gasteiger partial charge on any atom is 0.270 e. The van der Waals surface area contributed by atoms with E-state index < -0.39 is 0 Å². The Morgan fingerprint density at radius 1 is 1.48 bits per heavy atom. The van der Waals surface area contributed by atoms with Crippen molar-refractivity contribution in [2.75, 3.05) is 13.1 Å². The maximum absolute atomic E-state index is 12.0. The van der Waals surface area contributed by atoms with Crippen molar-refractivity contribution in [3.63, 3.8) is 0 Å². The molecule has 1 heterocycles. The number of nitrogens with two attached hydrogens (primary N) is 1. The fraction of sp³-hybridized carbons (Fsp3) is 0.286. The summed E-state index contributed by atoms with van der Waals surface area (Å²) in [6.45, 7) is 3.08. The van der Waals surface area contributed by atoms with E-state index in [1.807, 2.05) is 25.1 Å². The summed E-state index contributed by atoms with van der Waals surface area (Å²) >= 11 is 7.53. The first kappa shape index (κ1) is 17.9. The number of thiazole rings is 1. The Kier molecular flexibility index (Phi) is 7.11. The van der Waals surface area contributed by atoms with Gasteiger partial charge in [0.15, 0.2) is 0 Å². The molecule has 114 valence electrons. The zero-order valence-corrected chi connectivity index (χ0v) is 13.9. The molecule has 1 aromatic carbocycles. The van der Waals surface area contributed by atoms with Crippen molar-refractivity contribution < 1.29 is 4.79 Å². The van der Waals surface area contributed by atoms with E-state index in [2.05, 4.69) is 10.3 Å². The number of amides is 1. The number of hydrogen-bond donors (Lipinski definition) is 2. The predicted octanol–water partition coefficient (Wildman–Crippen LogP) is 3.21. The van der Waals surface area contributed by atoms with E-state index >= 15 is 0 Å². The zero-order valence-electron chi connectivity index (χ0n) is 11.5. The molecule has 0 aliphatic carbocycles. The summed E-state index contributed by atoms with van der Waals surface area (Å²) in [6.07, 6.45) is 0. The Bertz CT molecular complexity index is 603. The highest BCUT2D eigenvalue weighted by Crippen LogP contribution is 2.29. The molecule has 0 saturated heterocycles. The highest BCUT2D eigenvalue weighted by atomic mass is 35.5. The number of carbonyl (C=O) groups is 1. The van der Waals surface area contributed by atoms with Crippen molar-refractivity contribution in [2.24, 2.45) is 11.7 Å². The van der Waals surface area contributed by atoms with Crippen LogP contribution in [0.5, 0.6) is 0 Å². The van der Waals surface area contributed by atoms with E-state index in [4.69, 9.17) is 17.3 Å². The van der Waals surface area contributed by atoms with E-state index in [1.165, 1.54) is 11.3 Å². The molecule has 0 fully saturated rings. The third-order valence-electron chi connectivity index (χ3n) is 2.85. The second-order valence-corrected chi connectivity index (χ2v) is 5.83. The topological polar surface area (TPSA) is 68.0 Å². The highest BCUT2D eigenvalue weighted by molar-refractivity contribution is 7.13. The molecule has 1 amide bonds. The van der Waals surface area contributed by atoms with E-state index in [0.717, 1.165) is 10.6 Å². The first-order valence-corrected chi connectivity index (χ1v) is 7.56. The predicted molar refractivity (Wildman–Crippen MR) is 90.4 cm³/mol. The molecule has 1 aromatic heterocycles. The molecule has 1 atom stereocenters. The number of nitrogens with zero attached hydrogens (tertiary/aromatic N) is 1. The van der Waals surface area contributed by atoms with Gasteiger partial charge in [0.25, 0.3) is 5.91 Å². The standard InChI is InChI=1S/C14H16ClN3OS.ClH/c1-9(6-16)7-17-13(19)12-8-20-14(18-12)10-4-2-3-5-11(10)15;/h2-5,8-9H,6-7,16H2,1H3,(H,17,19);1H. The first-order chi connectivity index (χ1) is 9.61. The lowest BCUT2D eigenvalue weighted by Gasteiger charge is -2.08. The van der Waals surface area contributed by atoms with Gasteiger partial charge >= 0.3 is 0 Å². The monoisotopic (exact) mass is 345 g/mol. The number of carbonyl (C=O) groups excluding carboxylic acids is 1. The van der Waals surface area contributed by atoms with E-state index in [9.17, 15) is 4.79 Å². The summed E-state index contributed by atoms with van der Waals surface area (Å²) in [7, 11) is 0. The van der Waals surface area contributed by atoms with Gasteiger partial charge in [-0.3, -0.25) is 4.79 Å². The molecule has 21 heavy (non-hydrogen) atoms. The number of nitrogens with one attached hydrogen (secondary N) is 1. The van der Waals surface area contributed by atoms with Gasteiger partial charge in [-0.15, -0.1) is 23.7 Å². The summed E-state index contributed by atoms with van der Waals surface area (Å²) in [5.74, 6) is 0.0699. The number of halogens is 2. The quantitative estimate of drug-likeness (QED) is 0.874. The minimum atomic E-state index is -0.181. The van der Waals surface area contributed by atoms with Crippen LogP contribution in [0.3, 0.4) is 0 Å². The summed E-state index contributed by atoms with van der Waals surface area (Å²) in [6, 6.07) is 7.45. The average Bonchev–Trinajstić information content (AvgIpc) is 2.94. The van der Waals surface area contributed by atoms with Crippen LogP contribution >= 0.6 is 35.3 Å². The molecule has 0 aliphatic heterocycles. The van der Waals surface area contributed by atoms with Crippen molar-refractivity contribution >= 4 is 41.3 Å². The van der Waals surface area contributed by atoms with Gasteiger partial charge in [0.1, 0.15) is 10.7 Å². The number of aromatic nitrogens is 1. The Hall–Kier alpha value is -1.14. The van der Waals surface area contributed by atoms with Gasteiger partial charge < -0.3 is 11.1 Å². The van der Waals surface area contributed by atoms with Crippen LogP contribution in [-0.2, 0) is 0 Å². The number of rotatable bonds is 5. The van der Waals surface area contributed by atoms with E-state index in [1.54, 1.807) is 11.4 Å². The van der Waals surface area contributed by atoms with Crippen molar-refractivity contribution in [1.29, 1.82) is 0 Å². The normalized spacial score (nSPS) is 11.6. The Morgan fingerprint density at radius 2 is 2.19 bits per heavy atom. The van der Waals surface area contributed by atoms with Crippen LogP contribution < -0.4 is 11.1 Å². The second kappa shape index (κ2) is 8.34. The molecular weight excluding hydrogens is 329 g/mol. The number of hydrogen-bond acceptors (Lipinski definition) is 4. The minimum Gasteiger partial charge on any atom is -0.350 e. The van der Waals surface area contributed by atoms with Crippen LogP contribution in [0.25, 0.3) is 10.6 Å². The van der Waals surface area contributed by atoms with Gasteiger partial charge in [0.2, 0.25) is 0 Å². The molecule has 1 unspecified atom stereocenters. The average molecular weight is 346 g/mol. The van der Waals surface area contributed by atoms with Crippen molar-refractivity contribution in [3.05, 3.63) is 40.4 Å². The largest absolute Gasteiger partial charge is 0.350 e. The van der Waals surface area contributed by atoms with Gasteiger partial charge in [0, 0.05) is 17.5 Å². The molecular formula is C14H17Cl2N3OS.